The Morgan fingerprint density at radius 3 is 3.04 bits per heavy atom. The van der Waals surface area contributed by atoms with Gasteiger partial charge in [-0.1, -0.05) is 17.8 Å². The van der Waals surface area contributed by atoms with E-state index in [1.807, 2.05) is 0 Å². The summed E-state index contributed by atoms with van der Waals surface area (Å²) in [5.74, 6) is 0.267. The minimum Gasteiger partial charge on any atom is -0.375 e. The van der Waals surface area contributed by atoms with E-state index in [0.717, 1.165) is 0 Å². The van der Waals surface area contributed by atoms with Crippen molar-refractivity contribution in [1.82, 2.24) is 20.2 Å². The van der Waals surface area contributed by atoms with Crippen molar-refractivity contribution in [3.63, 3.8) is 0 Å². The van der Waals surface area contributed by atoms with Crippen LogP contribution in [0.15, 0.2) is 29.4 Å². The fraction of sp³-hybridized carbons (Fsp3) is 0.385. The predicted octanol–water partition coefficient (Wildman–Crippen LogP) is 1.99. The van der Waals surface area contributed by atoms with E-state index in [9.17, 15) is 13.6 Å². The number of ether oxygens (including phenoxy) is 1. The first kappa shape index (κ1) is 17.3. The lowest BCUT2D eigenvalue weighted by Gasteiger charge is -2.07. The average molecular weight is 343 g/mol. The number of alkyl halides is 2. The first-order valence-electron chi connectivity index (χ1n) is 6.71. The Balaban J connectivity index is 1.99. The fourth-order valence-corrected chi connectivity index (χ4v) is 2.46. The standard InChI is InChI=1S/C13H15F2N5O2S/c1-9(21)16-10-3-2-4-11(7-10)20-13(17-18-19-20)23-6-5-22-8-12(14)15/h2-4,7,12H,5-6,8H2,1H3,(H,16,21). The van der Waals surface area contributed by atoms with Crippen LogP contribution in [0.5, 0.6) is 0 Å². The predicted molar refractivity (Wildman–Crippen MR) is 81.0 cm³/mol. The number of tetrazole rings is 1. The Labute approximate surface area is 135 Å². The molecule has 0 spiro atoms. The first-order valence-corrected chi connectivity index (χ1v) is 7.70. The number of hydrogen-bond donors (Lipinski definition) is 1. The second kappa shape index (κ2) is 8.53. The number of nitrogens with one attached hydrogen (secondary N) is 1. The highest BCUT2D eigenvalue weighted by Crippen LogP contribution is 2.20. The zero-order valence-electron chi connectivity index (χ0n) is 12.3. The highest BCUT2D eigenvalue weighted by Gasteiger charge is 2.10. The van der Waals surface area contributed by atoms with Gasteiger partial charge in [0.15, 0.2) is 0 Å². The van der Waals surface area contributed by atoms with Crippen LogP contribution in [0, 0.1) is 0 Å². The van der Waals surface area contributed by atoms with Crippen molar-refractivity contribution in [1.29, 1.82) is 0 Å². The molecule has 2 aromatic rings. The largest absolute Gasteiger partial charge is 0.375 e. The van der Waals surface area contributed by atoms with E-state index in [1.165, 1.54) is 23.4 Å². The molecule has 124 valence electrons. The maximum Gasteiger partial charge on any atom is 0.261 e. The fourth-order valence-electron chi connectivity index (χ4n) is 1.71. The van der Waals surface area contributed by atoms with Crippen molar-refractivity contribution in [3.8, 4) is 5.69 Å². The summed E-state index contributed by atoms with van der Waals surface area (Å²) in [6.45, 7) is 1.02. The molecule has 23 heavy (non-hydrogen) atoms. The number of halogens is 2. The highest BCUT2D eigenvalue weighted by molar-refractivity contribution is 7.99. The molecule has 1 heterocycles. The Morgan fingerprint density at radius 2 is 2.30 bits per heavy atom. The quantitative estimate of drug-likeness (QED) is 0.583. The first-order chi connectivity index (χ1) is 11.1. The summed E-state index contributed by atoms with van der Waals surface area (Å²) in [6.07, 6.45) is -2.47. The van der Waals surface area contributed by atoms with E-state index >= 15 is 0 Å². The van der Waals surface area contributed by atoms with Gasteiger partial charge in [-0.15, -0.1) is 5.10 Å². The van der Waals surface area contributed by atoms with Crippen molar-refractivity contribution in [3.05, 3.63) is 24.3 Å². The lowest BCUT2D eigenvalue weighted by atomic mass is 10.3. The maximum atomic E-state index is 12.0. The van der Waals surface area contributed by atoms with Crippen LogP contribution in [0.2, 0.25) is 0 Å². The molecule has 2 rings (SSSR count). The van der Waals surface area contributed by atoms with Crippen LogP contribution in [-0.2, 0) is 9.53 Å². The van der Waals surface area contributed by atoms with Crippen LogP contribution in [0.3, 0.4) is 0 Å². The molecule has 0 radical (unpaired) electrons. The molecule has 0 aliphatic carbocycles. The summed E-state index contributed by atoms with van der Waals surface area (Å²) in [5.41, 5.74) is 1.30. The van der Waals surface area contributed by atoms with E-state index < -0.39 is 13.0 Å². The minimum absolute atomic E-state index is 0.174. The van der Waals surface area contributed by atoms with E-state index in [4.69, 9.17) is 4.74 Å². The van der Waals surface area contributed by atoms with Gasteiger partial charge in [-0.3, -0.25) is 4.79 Å². The van der Waals surface area contributed by atoms with Gasteiger partial charge in [0.05, 0.1) is 12.3 Å². The Morgan fingerprint density at radius 1 is 1.48 bits per heavy atom. The number of nitrogens with zero attached hydrogens (tertiary/aromatic N) is 4. The zero-order chi connectivity index (χ0) is 16.7. The van der Waals surface area contributed by atoms with Gasteiger partial charge in [0.1, 0.15) is 6.61 Å². The van der Waals surface area contributed by atoms with Crippen molar-refractivity contribution in [2.24, 2.45) is 0 Å². The van der Waals surface area contributed by atoms with Gasteiger partial charge in [0.2, 0.25) is 11.1 Å². The topological polar surface area (TPSA) is 81.9 Å². The van der Waals surface area contributed by atoms with Gasteiger partial charge >= 0.3 is 0 Å². The second-order valence-electron chi connectivity index (χ2n) is 4.42. The van der Waals surface area contributed by atoms with E-state index in [0.29, 0.717) is 22.3 Å². The van der Waals surface area contributed by atoms with Crippen LogP contribution < -0.4 is 5.32 Å². The number of hydrogen-bond acceptors (Lipinski definition) is 6. The molecule has 0 atom stereocenters. The monoisotopic (exact) mass is 343 g/mol. The zero-order valence-corrected chi connectivity index (χ0v) is 13.1. The van der Waals surface area contributed by atoms with Crippen molar-refractivity contribution >= 4 is 23.4 Å². The summed E-state index contributed by atoms with van der Waals surface area (Å²) in [5, 5.41) is 14.6. The number of carbonyl (C=O) groups is 1. The lowest BCUT2D eigenvalue weighted by molar-refractivity contribution is -0.114. The summed E-state index contributed by atoms with van der Waals surface area (Å²) in [7, 11) is 0. The van der Waals surface area contributed by atoms with Crippen LogP contribution in [-0.4, -0.2) is 51.5 Å². The van der Waals surface area contributed by atoms with Gasteiger partial charge < -0.3 is 10.1 Å². The summed E-state index contributed by atoms with van der Waals surface area (Å²) >= 11 is 1.29. The minimum atomic E-state index is -2.47. The molecule has 0 saturated carbocycles. The number of thioether (sulfide) groups is 1. The summed E-state index contributed by atoms with van der Waals surface area (Å²) in [6, 6.07) is 7.04. The van der Waals surface area contributed by atoms with Crippen LogP contribution in [0.4, 0.5) is 14.5 Å². The molecule has 1 amide bonds. The van der Waals surface area contributed by atoms with Gasteiger partial charge in [0, 0.05) is 18.4 Å². The molecule has 7 nitrogen and oxygen atoms in total. The molecular weight excluding hydrogens is 328 g/mol. The molecule has 1 N–H and O–H groups in total. The van der Waals surface area contributed by atoms with Crippen LogP contribution in [0.25, 0.3) is 5.69 Å². The van der Waals surface area contributed by atoms with Gasteiger partial charge in [0.25, 0.3) is 6.43 Å². The summed E-state index contributed by atoms with van der Waals surface area (Å²) in [4.78, 5) is 11.1. The van der Waals surface area contributed by atoms with Gasteiger partial charge in [-0.05, 0) is 28.6 Å². The normalized spacial score (nSPS) is 11.0. The third-order valence-corrected chi connectivity index (χ3v) is 3.44. The van der Waals surface area contributed by atoms with E-state index in [2.05, 4.69) is 20.8 Å². The molecular formula is C13H15F2N5O2S. The van der Waals surface area contributed by atoms with E-state index in [1.54, 1.807) is 24.3 Å². The van der Waals surface area contributed by atoms with Gasteiger partial charge in [-0.25, -0.2) is 8.78 Å². The molecule has 0 bridgehead atoms. The highest BCUT2D eigenvalue weighted by atomic mass is 32.2. The molecule has 0 aliphatic rings. The number of carbonyl (C=O) groups excluding carboxylic acids is 1. The Bertz CT molecular complexity index is 653. The van der Waals surface area contributed by atoms with Gasteiger partial charge in [-0.2, -0.15) is 4.68 Å². The Kier molecular flexibility index (Phi) is 6.41. The third kappa shape index (κ3) is 5.57. The number of benzene rings is 1. The molecule has 0 unspecified atom stereocenters. The summed E-state index contributed by atoms with van der Waals surface area (Å²) < 4.78 is 30.2. The number of amides is 1. The van der Waals surface area contributed by atoms with Crippen molar-refractivity contribution < 1.29 is 18.3 Å². The van der Waals surface area contributed by atoms with Crippen LogP contribution in [0.1, 0.15) is 6.92 Å². The van der Waals surface area contributed by atoms with Crippen LogP contribution >= 0.6 is 11.8 Å². The van der Waals surface area contributed by atoms with Crippen molar-refractivity contribution in [2.75, 3.05) is 24.3 Å². The second-order valence-corrected chi connectivity index (χ2v) is 5.48. The third-order valence-electron chi connectivity index (χ3n) is 2.55. The molecule has 0 aliphatic heterocycles. The number of rotatable bonds is 8. The average Bonchev–Trinajstić information content (AvgIpc) is 2.94. The molecule has 10 heteroatoms. The molecule has 0 saturated heterocycles. The lowest BCUT2D eigenvalue weighted by Crippen LogP contribution is -2.08. The molecule has 1 aromatic heterocycles. The van der Waals surface area contributed by atoms with Crippen molar-refractivity contribution in [2.45, 2.75) is 18.5 Å². The number of anilines is 1. The molecule has 0 fully saturated rings. The SMILES string of the molecule is CC(=O)Nc1cccc(-n2nnnc2SCCOCC(F)F)c1. The molecule has 1 aromatic carbocycles. The van der Waals surface area contributed by atoms with E-state index in [-0.39, 0.29) is 12.5 Å². The maximum absolute atomic E-state index is 12.0. The Hall–Kier alpha value is -2.07. The smallest absolute Gasteiger partial charge is 0.261 e. The number of aromatic nitrogens is 4.